The van der Waals surface area contributed by atoms with E-state index in [1.807, 2.05) is 12.1 Å². The predicted molar refractivity (Wildman–Crippen MR) is 68.7 cm³/mol. The van der Waals surface area contributed by atoms with Gasteiger partial charge in [-0.05, 0) is 50.9 Å². The maximum absolute atomic E-state index is 11.9. The van der Waals surface area contributed by atoms with Crippen LogP contribution in [-0.2, 0) is 9.84 Å². The highest BCUT2D eigenvalue weighted by Crippen LogP contribution is 2.25. The van der Waals surface area contributed by atoms with Crippen molar-refractivity contribution in [1.82, 2.24) is 5.32 Å². The fraction of sp³-hybridized carbons (Fsp3) is 0.538. The predicted octanol–water partition coefficient (Wildman–Crippen LogP) is 2.29. The summed E-state index contributed by atoms with van der Waals surface area (Å²) in [6.45, 7) is 4.47. The minimum Gasteiger partial charge on any atom is -0.310 e. The Morgan fingerprint density at radius 2 is 1.88 bits per heavy atom. The molecular weight excluding hydrogens is 234 g/mol. The largest absolute Gasteiger partial charge is 0.310 e. The molecule has 4 heteroatoms. The van der Waals surface area contributed by atoms with Crippen molar-refractivity contribution in [3.05, 3.63) is 29.8 Å². The van der Waals surface area contributed by atoms with Crippen molar-refractivity contribution in [3.8, 4) is 0 Å². The number of hydrogen-bond acceptors (Lipinski definition) is 3. The fourth-order valence-electron chi connectivity index (χ4n) is 2.13. The lowest BCUT2D eigenvalue weighted by Gasteiger charge is -2.12. The molecule has 1 aromatic rings. The van der Waals surface area contributed by atoms with Crippen molar-refractivity contribution in [3.63, 3.8) is 0 Å². The number of nitrogens with one attached hydrogen (secondary N) is 1. The van der Waals surface area contributed by atoms with Gasteiger partial charge >= 0.3 is 0 Å². The molecule has 1 atom stereocenters. The Labute approximate surface area is 103 Å². The quantitative estimate of drug-likeness (QED) is 0.899. The Morgan fingerprint density at radius 1 is 1.24 bits per heavy atom. The van der Waals surface area contributed by atoms with Gasteiger partial charge in [-0.3, -0.25) is 0 Å². The molecule has 0 aliphatic carbocycles. The van der Waals surface area contributed by atoms with Crippen LogP contribution >= 0.6 is 0 Å². The van der Waals surface area contributed by atoms with Crippen LogP contribution in [0.4, 0.5) is 0 Å². The highest BCUT2D eigenvalue weighted by atomic mass is 32.2. The van der Waals surface area contributed by atoms with Crippen LogP contribution < -0.4 is 5.32 Å². The highest BCUT2D eigenvalue weighted by Gasteiger charge is 2.20. The second-order valence-electron chi connectivity index (χ2n) is 4.81. The molecule has 0 bridgehead atoms. The molecule has 0 radical (unpaired) electrons. The minimum absolute atomic E-state index is 0.363. The molecule has 0 amide bonds. The first kappa shape index (κ1) is 12.6. The van der Waals surface area contributed by atoms with Crippen molar-refractivity contribution in [2.45, 2.75) is 42.9 Å². The summed E-state index contributed by atoms with van der Waals surface area (Å²) >= 11 is 0. The first-order valence-electron chi connectivity index (χ1n) is 6.09. The number of hydrogen-bond donors (Lipinski definition) is 1. The van der Waals surface area contributed by atoms with Gasteiger partial charge < -0.3 is 5.32 Å². The summed E-state index contributed by atoms with van der Waals surface area (Å²) in [5.41, 5.74) is 1.19. The fourth-order valence-corrected chi connectivity index (χ4v) is 3.19. The second-order valence-corrected chi connectivity index (χ2v) is 7.32. The molecule has 1 aliphatic rings. The third-order valence-electron chi connectivity index (χ3n) is 3.29. The van der Waals surface area contributed by atoms with E-state index in [0.717, 1.165) is 13.0 Å². The molecule has 17 heavy (non-hydrogen) atoms. The average molecular weight is 253 g/mol. The van der Waals surface area contributed by atoms with Gasteiger partial charge in [0.05, 0.1) is 10.1 Å². The van der Waals surface area contributed by atoms with Crippen LogP contribution in [0.3, 0.4) is 0 Å². The Kier molecular flexibility index (Phi) is 3.54. The Bertz CT molecular complexity index is 471. The summed E-state index contributed by atoms with van der Waals surface area (Å²) in [7, 11) is -3.14. The molecule has 1 fully saturated rings. The SMILES string of the molecule is CC(C)S(=O)(=O)c1ccc(C2CCCN2)cc1. The summed E-state index contributed by atoms with van der Waals surface area (Å²) in [6, 6.07) is 7.71. The van der Waals surface area contributed by atoms with Crippen molar-refractivity contribution < 1.29 is 8.42 Å². The van der Waals surface area contributed by atoms with E-state index >= 15 is 0 Å². The van der Waals surface area contributed by atoms with E-state index in [4.69, 9.17) is 0 Å². The summed E-state index contributed by atoms with van der Waals surface area (Å²) < 4.78 is 23.9. The van der Waals surface area contributed by atoms with Gasteiger partial charge in [-0.25, -0.2) is 8.42 Å². The summed E-state index contributed by atoms with van der Waals surface area (Å²) in [6.07, 6.45) is 2.33. The molecule has 1 heterocycles. The van der Waals surface area contributed by atoms with Gasteiger partial charge in [-0.1, -0.05) is 12.1 Å². The second kappa shape index (κ2) is 4.78. The van der Waals surface area contributed by atoms with E-state index < -0.39 is 9.84 Å². The van der Waals surface area contributed by atoms with Gasteiger partial charge in [0.1, 0.15) is 0 Å². The molecule has 2 rings (SSSR count). The maximum atomic E-state index is 11.9. The van der Waals surface area contributed by atoms with Gasteiger partial charge in [0.15, 0.2) is 9.84 Å². The van der Waals surface area contributed by atoms with E-state index in [1.165, 1.54) is 12.0 Å². The van der Waals surface area contributed by atoms with E-state index in [0.29, 0.717) is 10.9 Å². The first-order chi connectivity index (χ1) is 8.01. The monoisotopic (exact) mass is 253 g/mol. The standard InChI is InChI=1S/C13H19NO2S/c1-10(2)17(15,16)12-7-5-11(6-8-12)13-4-3-9-14-13/h5-8,10,13-14H,3-4,9H2,1-2H3. The molecule has 0 saturated carbocycles. The molecule has 94 valence electrons. The molecule has 1 unspecified atom stereocenters. The Morgan fingerprint density at radius 3 is 2.35 bits per heavy atom. The zero-order chi connectivity index (χ0) is 12.5. The molecule has 1 N–H and O–H groups in total. The molecule has 1 aromatic carbocycles. The lowest BCUT2D eigenvalue weighted by Crippen LogP contribution is -2.15. The number of benzene rings is 1. The van der Waals surface area contributed by atoms with Crippen molar-refractivity contribution in [2.75, 3.05) is 6.54 Å². The first-order valence-corrected chi connectivity index (χ1v) is 7.63. The molecular formula is C13H19NO2S. The van der Waals surface area contributed by atoms with Crippen molar-refractivity contribution in [2.24, 2.45) is 0 Å². The van der Waals surface area contributed by atoms with E-state index in [9.17, 15) is 8.42 Å². The zero-order valence-electron chi connectivity index (χ0n) is 10.3. The normalized spacial score (nSPS) is 21.0. The van der Waals surface area contributed by atoms with Gasteiger partial charge in [0, 0.05) is 6.04 Å². The maximum Gasteiger partial charge on any atom is 0.180 e. The molecule has 0 spiro atoms. The number of sulfone groups is 1. The number of rotatable bonds is 3. The Balaban J connectivity index is 2.24. The molecule has 3 nitrogen and oxygen atoms in total. The smallest absolute Gasteiger partial charge is 0.180 e. The van der Waals surface area contributed by atoms with Crippen LogP contribution in [0.5, 0.6) is 0 Å². The topological polar surface area (TPSA) is 46.2 Å². The van der Waals surface area contributed by atoms with Gasteiger partial charge in [-0.15, -0.1) is 0 Å². The van der Waals surface area contributed by atoms with Crippen LogP contribution in [0.15, 0.2) is 29.2 Å². The van der Waals surface area contributed by atoms with Crippen LogP contribution in [0.2, 0.25) is 0 Å². The Hall–Kier alpha value is -0.870. The minimum atomic E-state index is -3.14. The van der Waals surface area contributed by atoms with Gasteiger partial charge in [0.2, 0.25) is 0 Å². The highest BCUT2D eigenvalue weighted by molar-refractivity contribution is 7.92. The van der Waals surface area contributed by atoms with Crippen molar-refractivity contribution >= 4 is 9.84 Å². The van der Waals surface area contributed by atoms with Crippen LogP contribution in [-0.4, -0.2) is 20.2 Å². The van der Waals surface area contributed by atoms with Gasteiger partial charge in [0.25, 0.3) is 0 Å². The van der Waals surface area contributed by atoms with Crippen LogP contribution in [0.1, 0.15) is 38.3 Å². The van der Waals surface area contributed by atoms with E-state index in [1.54, 1.807) is 26.0 Å². The van der Waals surface area contributed by atoms with Gasteiger partial charge in [-0.2, -0.15) is 0 Å². The molecule has 1 aliphatic heterocycles. The third kappa shape index (κ3) is 2.53. The zero-order valence-corrected chi connectivity index (χ0v) is 11.1. The van der Waals surface area contributed by atoms with Crippen LogP contribution in [0.25, 0.3) is 0 Å². The summed E-state index contributed by atoms with van der Waals surface area (Å²) in [4.78, 5) is 0.425. The van der Waals surface area contributed by atoms with E-state index in [2.05, 4.69) is 5.32 Å². The summed E-state index contributed by atoms with van der Waals surface area (Å²) in [5, 5.41) is 3.04. The summed E-state index contributed by atoms with van der Waals surface area (Å²) in [5.74, 6) is 0. The molecule has 1 saturated heterocycles. The lowest BCUT2D eigenvalue weighted by molar-refractivity contribution is 0.587. The van der Waals surface area contributed by atoms with Crippen molar-refractivity contribution in [1.29, 1.82) is 0 Å². The lowest BCUT2D eigenvalue weighted by atomic mass is 10.1. The third-order valence-corrected chi connectivity index (χ3v) is 5.46. The molecule has 0 aromatic heterocycles. The van der Waals surface area contributed by atoms with E-state index in [-0.39, 0.29) is 5.25 Å². The average Bonchev–Trinajstić information content (AvgIpc) is 2.82. The van der Waals surface area contributed by atoms with Crippen LogP contribution in [0, 0.1) is 0 Å².